The summed E-state index contributed by atoms with van der Waals surface area (Å²) < 4.78 is 1.51. The van der Waals surface area contributed by atoms with E-state index in [4.69, 9.17) is 11.6 Å². The van der Waals surface area contributed by atoms with Crippen LogP contribution in [0.15, 0.2) is 11.6 Å². The Bertz CT molecular complexity index is 577. The lowest BCUT2D eigenvalue weighted by molar-refractivity contribution is 0.0933. The van der Waals surface area contributed by atoms with Gasteiger partial charge < -0.3 is 5.32 Å². The van der Waals surface area contributed by atoms with Crippen LogP contribution in [0.5, 0.6) is 0 Å². The van der Waals surface area contributed by atoms with Gasteiger partial charge in [-0.3, -0.25) is 9.48 Å². The fourth-order valence-electron chi connectivity index (χ4n) is 1.53. The Labute approximate surface area is 114 Å². The van der Waals surface area contributed by atoms with Crippen LogP contribution in [0, 0.1) is 6.92 Å². The number of nitrogens with zero attached hydrogens (tertiary/aromatic N) is 3. The molecule has 2 aromatic heterocycles. The minimum absolute atomic E-state index is 0.166. The highest BCUT2D eigenvalue weighted by Crippen LogP contribution is 2.18. The molecule has 18 heavy (non-hydrogen) atoms. The molecule has 5 nitrogen and oxygen atoms in total. The minimum Gasteiger partial charge on any atom is -0.342 e. The fourth-order valence-corrected chi connectivity index (χ4v) is 2.50. The van der Waals surface area contributed by atoms with Gasteiger partial charge in [-0.1, -0.05) is 11.6 Å². The molecule has 1 atom stereocenters. The topological polar surface area (TPSA) is 59.8 Å². The van der Waals surface area contributed by atoms with Crippen LogP contribution in [0.25, 0.3) is 0 Å². The van der Waals surface area contributed by atoms with E-state index in [0.717, 1.165) is 10.7 Å². The number of nitrogens with one attached hydrogen (secondary N) is 1. The van der Waals surface area contributed by atoms with Crippen molar-refractivity contribution < 1.29 is 4.79 Å². The Morgan fingerprint density at radius 2 is 2.33 bits per heavy atom. The molecule has 0 bridgehead atoms. The predicted octanol–water partition coefficient (Wildman–Crippen LogP) is 2.33. The van der Waals surface area contributed by atoms with Crippen LogP contribution < -0.4 is 5.32 Å². The van der Waals surface area contributed by atoms with E-state index in [1.807, 2.05) is 19.2 Å². The van der Waals surface area contributed by atoms with Crippen LogP contribution >= 0.6 is 22.9 Å². The molecule has 0 radical (unpaired) electrons. The van der Waals surface area contributed by atoms with Gasteiger partial charge in [-0.2, -0.15) is 5.10 Å². The van der Waals surface area contributed by atoms with Crippen molar-refractivity contribution >= 4 is 28.8 Å². The highest BCUT2D eigenvalue weighted by Gasteiger charge is 2.18. The number of hydrogen-bond donors (Lipinski definition) is 1. The molecule has 1 N–H and O–H groups in total. The molecule has 1 amide bonds. The maximum absolute atomic E-state index is 12.0. The second-order valence-corrected chi connectivity index (χ2v) is 5.46. The molecule has 0 aromatic carbocycles. The van der Waals surface area contributed by atoms with Gasteiger partial charge in [0.15, 0.2) is 5.69 Å². The molecular weight excluding hydrogens is 272 g/mol. The van der Waals surface area contributed by atoms with Crippen molar-refractivity contribution in [2.75, 3.05) is 0 Å². The number of carbonyl (C=O) groups excluding carboxylic acids is 1. The van der Waals surface area contributed by atoms with Gasteiger partial charge in [-0.25, -0.2) is 4.98 Å². The van der Waals surface area contributed by atoms with Crippen molar-refractivity contribution in [2.45, 2.75) is 19.9 Å². The average molecular weight is 285 g/mol. The smallest absolute Gasteiger partial charge is 0.273 e. The zero-order valence-electron chi connectivity index (χ0n) is 10.3. The van der Waals surface area contributed by atoms with Crippen LogP contribution in [0.4, 0.5) is 0 Å². The number of hydrogen-bond acceptors (Lipinski definition) is 4. The minimum atomic E-state index is -0.293. The molecule has 0 saturated heterocycles. The molecule has 0 spiro atoms. The number of thiazole rings is 1. The summed E-state index contributed by atoms with van der Waals surface area (Å²) in [6, 6.07) is -0.166. The Kier molecular flexibility index (Phi) is 3.68. The van der Waals surface area contributed by atoms with E-state index in [1.54, 1.807) is 24.6 Å². The first-order valence-electron chi connectivity index (χ1n) is 5.39. The fraction of sp³-hybridized carbons (Fsp3) is 0.364. The van der Waals surface area contributed by atoms with Gasteiger partial charge in [0.1, 0.15) is 0 Å². The van der Waals surface area contributed by atoms with Gasteiger partial charge in [0.2, 0.25) is 0 Å². The van der Waals surface area contributed by atoms with Gasteiger partial charge in [0.05, 0.1) is 21.8 Å². The van der Waals surface area contributed by atoms with Crippen LogP contribution in [0.1, 0.15) is 34.2 Å². The molecule has 0 fully saturated rings. The van der Waals surface area contributed by atoms with Crippen LogP contribution in [0.2, 0.25) is 5.02 Å². The van der Waals surface area contributed by atoms with Crippen molar-refractivity contribution in [3.63, 3.8) is 0 Å². The highest BCUT2D eigenvalue weighted by molar-refractivity contribution is 7.09. The second-order valence-electron chi connectivity index (χ2n) is 3.99. The van der Waals surface area contributed by atoms with Crippen molar-refractivity contribution in [1.29, 1.82) is 0 Å². The summed E-state index contributed by atoms with van der Waals surface area (Å²) in [5.41, 5.74) is 1.08. The maximum atomic E-state index is 12.0. The summed E-state index contributed by atoms with van der Waals surface area (Å²) in [7, 11) is 1.72. The van der Waals surface area contributed by atoms with Gasteiger partial charge in [-0.15, -0.1) is 11.3 Å². The SMILES string of the molecule is Cc1nc(C(C)NC(=O)c2nn(C)cc2Cl)cs1. The molecule has 0 aliphatic heterocycles. The molecule has 0 saturated carbocycles. The molecule has 96 valence electrons. The predicted molar refractivity (Wildman–Crippen MR) is 71.0 cm³/mol. The number of halogens is 1. The molecule has 0 aliphatic carbocycles. The van der Waals surface area contributed by atoms with E-state index < -0.39 is 0 Å². The summed E-state index contributed by atoms with van der Waals surface area (Å²) in [5.74, 6) is -0.293. The summed E-state index contributed by atoms with van der Waals surface area (Å²) in [4.78, 5) is 16.3. The third-order valence-corrected chi connectivity index (χ3v) is 3.50. The monoisotopic (exact) mass is 284 g/mol. The van der Waals surface area contributed by atoms with E-state index in [-0.39, 0.29) is 17.6 Å². The number of aromatic nitrogens is 3. The summed E-state index contributed by atoms with van der Waals surface area (Å²) in [5, 5.41) is 10.1. The number of aryl methyl sites for hydroxylation is 2. The molecule has 7 heteroatoms. The van der Waals surface area contributed by atoms with Crippen molar-refractivity contribution in [1.82, 2.24) is 20.1 Å². The van der Waals surface area contributed by atoms with Gasteiger partial charge in [0, 0.05) is 18.6 Å². The summed E-state index contributed by atoms with van der Waals surface area (Å²) in [6.45, 7) is 3.81. The molecule has 1 unspecified atom stereocenters. The summed E-state index contributed by atoms with van der Waals surface area (Å²) >= 11 is 7.47. The lowest BCUT2D eigenvalue weighted by atomic mass is 10.2. The number of amides is 1. The highest BCUT2D eigenvalue weighted by atomic mass is 35.5. The quantitative estimate of drug-likeness (QED) is 0.941. The first kappa shape index (κ1) is 13.0. The van der Waals surface area contributed by atoms with Crippen molar-refractivity contribution in [3.05, 3.63) is 33.0 Å². The first-order valence-corrected chi connectivity index (χ1v) is 6.65. The molecule has 2 rings (SSSR count). The molecular formula is C11H13ClN4OS. The van der Waals surface area contributed by atoms with E-state index in [9.17, 15) is 4.79 Å². The Balaban J connectivity index is 2.10. The lowest BCUT2D eigenvalue weighted by Crippen LogP contribution is -2.27. The van der Waals surface area contributed by atoms with E-state index >= 15 is 0 Å². The Morgan fingerprint density at radius 3 is 2.83 bits per heavy atom. The average Bonchev–Trinajstić information content (AvgIpc) is 2.84. The number of rotatable bonds is 3. The van der Waals surface area contributed by atoms with E-state index in [1.165, 1.54) is 4.68 Å². The zero-order valence-corrected chi connectivity index (χ0v) is 11.8. The lowest BCUT2D eigenvalue weighted by Gasteiger charge is -2.10. The van der Waals surface area contributed by atoms with Crippen LogP contribution in [-0.4, -0.2) is 20.7 Å². The van der Waals surface area contributed by atoms with E-state index in [0.29, 0.717) is 5.02 Å². The molecule has 0 aliphatic rings. The van der Waals surface area contributed by atoms with Gasteiger partial charge in [0.25, 0.3) is 5.91 Å². The largest absolute Gasteiger partial charge is 0.342 e. The van der Waals surface area contributed by atoms with E-state index in [2.05, 4.69) is 15.4 Å². The van der Waals surface area contributed by atoms with Crippen LogP contribution in [-0.2, 0) is 7.05 Å². The number of carbonyl (C=O) groups is 1. The van der Waals surface area contributed by atoms with Gasteiger partial charge in [-0.05, 0) is 13.8 Å². The first-order chi connectivity index (χ1) is 8.47. The van der Waals surface area contributed by atoms with Gasteiger partial charge >= 0.3 is 0 Å². The Morgan fingerprint density at radius 1 is 1.61 bits per heavy atom. The third kappa shape index (κ3) is 2.70. The summed E-state index contributed by atoms with van der Waals surface area (Å²) in [6.07, 6.45) is 1.59. The molecule has 2 heterocycles. The maximum Gasteiger partial charge on any atom is 0.273 e. The normalized spacial score (nSPS) is 12.4. The zero-order chi connectivity index (χ0) is 13.3. The standard InChI is InChI=1S/C11H13ClN4OS/c1-6(9-5-18-7(2)14-9)13-11(17)10-8(12)4-16(3)15-10/h4-6H,1-3H3,(H,13,17). The van der Waals surface area contributed by atoms with Crippen molar-refractivity contribution in [2.24, 2.45) is 7.05 Å². The molecule has 2 aromatic rings. The second kappa shape index (κ2) is 5.07. The third-order valence-electron chi connectivity index (χ3n) is 2.43. The van der Waals surface area contributed by atoms with Crippen molar-refractivity contribution in [3.8, 4) is 0 Å². The Hall–Kier alpha value is -1.40. The van der Waals surface area contributed by atoms with Crippen LogP contribution in [0.3, 0.4) is 0 Å².